The third kappa shape index (κ3) is 2.80. The highest BCUT2D eigenvalue weighted by Gasteiger charge is 2.41. The molecule has 0 heterocycles. The summed E-state index contributed by atoms with van der Waals surface area (Å²) in [5.41, 5.74) is -0.700. The van der Waals surface area contributed by atoms with Crippen LogP contribution in [0.3, 0.4) is 0 Å². The van der Waals surface area contributed by atoms with Gasteiger partial charge in [-0.3, -0.25) is 4.79 Å². The summed E-state index contributed by atoms with van der Waals surface area (Å²) >= 11 is 0. The fraction of sp³-hybridized carbons (Fsp3) is 0.857. The van der Waals surface area contributed by atoms with Crippen molar-refractivity contribution in [1.29, 1.82) is 5.26 Å². The molecule has 94 valence electrons. The van der Waals surface area contributed by atoms with Crippen molar-refractivity contribution in [2.75, 3.05) is 6.54 Å². The van der Waals surface area contributed by atoms with Gasteiger partial charge in [0.2, 0.25) is 5.91 Å². The minimum absolute atomic E-state index is 0.0110. The van der Waals surface area contributed by atoms with Crippen LogP contribution < -0.4 is 5.32 Å². The van der Waals surface area contributed by atoms with Gasteiger partial charge in [0.05, 0.1) is 6.07 Å². The van der Waals surface area contributed by atoms with Crippen LogP contribution in [0.5, 0.6) is 0 Å². The molecule has 0 unspecified atom stereocenters. The van der Waals surface area contributed by atoms with E-state index in [1.54, 1.807) is 0 Å². The first-order chi connectivity index (χ1) is 8.27. The average Bonchev–Trinajstić information content (AvgIpc) is 2.87. The SMILES string of the molecule is N#CC1(C(=O)NCC2CCCCC2)CCCC1. The van der Waals surface area contributed by atoms with Crippen molar-refractivity contribution in [2.24, 2.45) is 11.3 Å². The largest absolute Gasteiger partial charge is 0.354 e. The number of amides is 1. The van der Waals surface area contributed by atoms with Gasteiger partial charge in [0.25, 0.3) is 0 Å². The smallest absolute Gasteiger partial charge is 0.240 e. The summed E-state index contributed by atoms with van der Waals surface area (Å²) in [6.45, 7) is 0.780. The van der Waals surface area contributed by atoms with E-state index in [1.165, 1.54) is 32.1 Å². The summed E-state index contributed by atoms with van der Waals surface area (Å²) in [6.07, 6.45) is 9.94. The molecule has 0 bridgehead atoms. The predicted octanol–water partition coefficient (Wildman–Crippen LogP) is 2.77. The van der Waals surface area contributed by atoms with Gasteiger partial charge >= 0.3 is 0 Å². The lowest BCUT2D eigenvalue weighted by atomic mass is 9.86. The second-order valence-corrected chi connectivity index (χ2v) is 5.62. The third-order valence-corrected chi connectivity index (χ3v) is 4.38. The fourth-order valence-corrected chi connectivity index (χ4v) is 3.17. The normalized spacial score (nSPS) is 24.2. The van der Waals surface area contributed by atoms with E-state index in [1.807, 2.05) is 0 Å². The van der Waals surface area contributed by atoms with Crippen molar-refractivity contribution in [3.05, 3.63) is 0 Å². The standard InChI is InChI=1S/C14H22N2O/c15-11-14(8-4-5-9-14)13(17)16-10-12-6-2-1-3-7-12/h12H,1-10H2,(H,16,17). The van der Waals surface area contributed by atoms with Crippen molar-refractivity contribution in [1.82, 2.24) is 5.32 Å². The number of nitriles is 1. The van der Waals surface area contributed by atoms with Gasteiger partial charge in [-0.2, -0.15) is 5.26 Å². The zero-order chi connectivity index (χ0) is 12.1. The molecule has 2 fully saturated rings. The van der Waals surface area contributed by atoms with Gasteiger partial charge in [0.15, 0.2) is 0 Å². The zero-order valence-electron chi connectivity index (χ0n) is 10.5. The van der Waals surface area contributed by atoms with Crippen molar-refractivity contribution in [3.63, 3.8) is 0 Å². The molecule has 0 saturated heterocycles. The van der Waals surface area contributed by atoms with E-state index in [0.717, 1.165) is 32.2 Å². The monoisotopic (exact) mass is 234 g/mol. The highest BCUT2D eigenvalue weighted by Crippen LogP contribution is 2.37. The zero-order valence-corrected chi connectivity index (χ0v) is 10.5. The van der Waals surface area contributed by atoms with Crippen LogP contribution in [0, 0.1) is 22.7 Å². The Labute approximate surface area is 104 Å². The van der Waals surface area contributed by atoms with E-state index in [0.29, 0.717) is 5.92 Å². The first-order valence-corrected chi connectivity index (χ1v) is 6.96. The van der Waals surface area contributed by atoms with Gasteiger partial charge in [-0.25, -0.2) is 0 Å². The third-order valence-electron chi connectivity index (χ3n) is 4.38. The molecule has 0 aliphatic heterocycles. The fourth-order valence-electron chi connectivity index (χ4n) is 3.17. The van der Waals surface area contributed by atoms with Crippen LogP contribution in [0.2, 0.25) is 0 Å². The van der Waals surface area contributed by atoms with Crippen LogP contribution >= 0.6 is 0 Å². The molecule has 3 nitrogen and oxygen atoms in total. The molecule has 0 atom stereocenters. The molecular formula is C14H22N2O. The van der Waals surface area contributed by atoms with Gasteiger partial charge in [0, 0.05) is 6.54 Å². The number of hydrogen-bond donors (Lipinski definition) is 1. The molecule has 2 saturated carbocycles. The van der Waals surface area contributed by atoms with E-state index < -0.39 is 5.41 Å². The number of hydrogen-bond acceptors (Lipinski definition) is 2. The minimum Gasteiger partial charge on any atom is -0.354 e. The topological polar surface area (TPSA) is 52.9 Å². The van der Waals surface area contributed by atoms with Crippen LogP contribution in [0.15, 0.2) is 0 Å². The molecule has 3 heteroatoms. The second-order valence-electron chi connectivity index (χ2n) is 5.62. The van der Waals surface area contributed by atoms with E-state index in [9.17, 15) is 10.1 Å². The molecule has 1 amide bonds. The number of nitrogens with one attached hydrogen (secondary N) is 1. The van der Waals surface area contributed by atoms with Crippen molar-refractivity contribution >= 4 is 5.91 Å². The van der Waals surface area contributed by atoms with Crippen molar-refractivity contribution in [3.8, 4) is 6.07 Å². The van der Waals surface area contributed by atoms with Gasteiger partial charge in [-0.15, -0.1) is 0 Å². The van der Waals surface area contributed by atoms with Crippen LogP contribution in [0.25, 0.3) is 0 Å². The summed E-state index contributed by atoms with van der Waals surface area (Å²) in [6, 6.07) is 2.25. The Morgan fingerprint density at radius 1 is 1.18 bits per heavy atom. The number of carbonyl (C=O) groups is 1. The van der Waals surface area contributed by atoms with Gasteiger partial charge in [-0.05, 0) is 31.6 Å². The number of nitrogens with zero attached hydrogens (tertiary/aromatic N) is 1. The Morgan fingerprint density at radius 2 is 1.82 bits per heavy atom. The van der Waals surface area contributed by atoms with Crippen LogP contribution in [-0.2, 0) is 4.79 Å². The summed E-state index contributed by atoms with van der Waals surface area (Å²) in [5.74, 6) is 0.632. The summed E-state index contributed by atoms with van der Waals surface area (Å²) < 4.78 is 0. The predicted molar refractivity (Wildman–Crippen MR) is 66.1 cm³/mol. The maximum atomic E-state index is 12.1. The van der Waals surface area contributed by atoms with Gasteiger partial charge < -0.3 is 5.32 Å². The Kier molecular flexibility index (Phi) is 4.04. The Morgan fingerprint density at radius 3 is 2.41 bits per heavy atom. The lowest BCUT2D eigenvalue weighted by Gasteiger charge is -2.24. The maximum Gasteiger partial charge on any atom is 0.240 e. The van der Waals surface area contributed by atoms with Gasteiger partial charge in [-0.1, -0.05) is 32.1 Å². The molecule has 2 aliphatic rings. The lowest BCUT2D eigenvalue weighted by molar-refractivity contribution is -0.128. The second kappa shape index (κ2) is 5.53. The van der Waals surface area contributed by atoms with Crippen molar-refractivity contribution < 1.29 is 4.79 Å². The molecule has 0 aromatic rings. The van der Waals surface area contributed by atoms with Gasteiger partial charge in [0.1, 0.15) is 5.41 Å². The molecule has 0 spiro atoms. The van der Waals surface area contributed by atoms with E-state index in [4.69, 9.17) is 0 Å². The van der Waals surface area contributed by atoms with E-state index >= 15 is 0 Å². The van der Waals surface area contributed by atoms with Crippen LogP contribution in [-0.4, -0.2) is 12.5 Å². The molecule has 0 radical (unpaired) electrons. The minimum atomic E-state index is -0.700. The van der Waals surface area contributed by atoms with Crippen LogP contribution in [0.1, 0.15) is 57.8 Å². The lowest BCUT2D eigenvalue weighted by Crippen LogP contribution is -2.40. The molecule has 0 aromatic carbocycles. The van der Waals surface area contributed by atoms with E-state index in [2.05, 4.69) is 11.4 Å². The Balaban J connectivity index is 1.82. The van der Waals surface area contributed by atoms with Crippen LogP contribution in [0.4, 0.5) is 0 Å². The number of carbonyl (C=O) groups excluding carboxylic acids is 1. The summed E-state index contributed by atoms with van der Waals surface area (Å²) in [5, 5.41) is 12.2. The molecular weight excluding hydrogens is 212 g/mol. The molecule has 1 N–H and O–H groups in total. The van der Waals surface area contributed by atoms with Crippen molar-refractivity contribution in [2.45, 2.75) is 57.8 Å². The summed E-state index contributed by atoms with van der Waals surface area (Å²) in [7, 11) is 0. The Bertz CT molecular complexity index is 307. The highest BCUT2D eigenvalue weighted by molar-refractivity contribution is 5.85. The Hall–Kier alpha value is -1.04. The first-order valence-electron chi connectivity index (χ1n) is 6.96. The average molecular weight is 234 g/mol. The first kappa shape index (κ1) is 12.4. The molecule has 17 heavy (non-hydrogen) atoms. The molecule has 0 aromatic heterocycles. The van der Waals surface area contributed by atoms with E-state index in [-0.39, 0.29) is 5.91 Å². The maximum absolute atomic E-state index is 12.1. The quantitative estimate of drug-likeness (QED) is 0.816. The highest BCUT2D eigenvalue weighted by atomic mass is 16.2. The number of rotatable bonds is 3. The molecule has 2 aliphatic carbocycles. The summed E-state index contributed by atoms with van der Waals surface area (Å²) in [4.78, 5) is 12.1. The molecule has 2 rings (SSSR count).